The Balaban J connectivity index is 2.39. The van der Waals surface area contributed by atoms with Crippen LogP contribution in [0.4, 0.5) is 0 Å². The lowest BCUT2D eigenvalue weighted by Gasteiger charge is -2.17. The fourth-order valence-corrected chi connectivity index (χ4v) is 2.90. The molecule has 104 valence electrons. The molecule has 0 aromatic heterocycles. The molecule has 2 aromatic carbocycles. The second-order valence-electron chi connectivity index (χ2n) is 3.93. The van der Waals surface area contributed by atoms with E-state index < -0.39 is 0 Å². The van der Waals surface area contributed by atoms with Gasteiger partial charge in [-0.2, -0.15) is 0 Å². The Bertz CT molecular complexity index is 624. The molecule has 0 aliphatic heterocycles. The molecule has 0 heterocycles. The van der Waals surface area contributed by atoms with Gasteiger partial charge in [-0.3, -0.25) is 0 Å². The molecule has 0 aliphatic carbocycles. The molecular weight excluding hydrogens is 295 g/mol. The average molecular weight is 308 g/mol. The summed E-state index contributed by atoms with van der Waals surface area (Å²) in [7, 11) is 3.67. The van der Waals surface area contributed by atoms with Gasteiger partial charge in [0, 0.05) is 10.9 Å². The van der Waals surface area contributed by atoms with Crippen LogP contribution in [0.2, 0.25) is 5.02 Å². The standard InChI is InChI=1S/C15H14ClO3P/c1-18-10-6-8-11(9-7-10)20-15(17)14-12(16)4-3-5-13(14)19-2/h3-9,17H,1-2H3/p-1. The van der Waals surface area contributed by atoms with Gasteiger partial charge in [-0.1, -0.05) is 31.4 Å². The Morgan fingerprint density at radius 2 is 1.75 bits per heavy atom. The fourth-order valence-electron chi connectivity index (χ4n) is 1.71. The van der Waals surface area contributed by atoms with Crippen molar-refractivity contribution in [1.29, 1.82) is 0 Å². The van der Waals surface area contributed by atoms with Crippen molar-refractivity contribution in [2.24, 2.45) is 0 Å². The molecule has 0 atom stereocenters. The third-order valence-electron chi connectivity index (χ3n) is 2.71. The van der Waals surface area contributed by atoms with Crippen LogP contribution in [0.15, 0.2) is 42.5 Å². The molecular formula is C15H13ClO3P-. The SMILES string of the molecule is COc1ccc(P=C([O-])c2c(Cl)cccc2OC)cc1. The first-order valence-corrected chi connectivity index (χ1v) is 7.15. The van der Waals surface area contributed by atoms with Crippen molar-refractivity contribution in [2.75, 3.05) is 14.2 Å². The van der Waals surface area contributed by atoms with Gasteiger partial charge in [-0.05, 0) is 36.4 Å². The number of ether oxygens (including phenoxy) is 2. The van der Waals surface area contributed by atoms with Gasteiger partial charge in [0.15, 0.2) is 0 Å². The van der Waals surface area contributed by atoms with Gasteiger partial charge >= 0.3 is 0 Å². The number of benzene rings is 2. The Hall–Kier alpha value is -1.54. The third-order valence-corrected chi connectivity index (χ3v) is 4.01. The maximum atomic E-state index is 12.4. The van der Waals surface area contributed by atoms with Gasteiger partial charge in [0.2, 0.25) is 0 Å². The van der Waals surface area contributed by atoms with Crippen molar-refractivity contribution < 1.29 is 14.6 Å². The summed E-state index contributed by atoms with van der Waals surface area (Å²) >= 11 is 6.09. The average Bonchev–Trinajstić information content (AvgIpc) is 2.47. The second kappa shape index (κ2) is 6.76. The topological polar surface area (TPSA) is 41.5 Å². The molecule has 0 N–H and O–H groups in total. The molecule has 5 heteroatoms. The Morgan fingerprint density at radius 1 is 1.05 bits per heavy atom. The van der Waals surface area contributed by atoms with Crippen molar-refractivity contribution in [3.8, 4) is 11.5 Å². The highest BCUT2D eigenvalue weighted by atomic mass is 35.5. The normalized spacial score (nSPS) is 11.3. The van der Waals surface area contributed by atoms with Crippen molar-refractivity contribution in [3.05, 3.63) is 53.1 Å². The first-order valence-electron chi connectivity index (χ1n) is 5.88. The smallest absolute Gasteiger partial charge is 0.126 e. The van der Waals surface area contributed by atoms with Gasteiger partial charge in [-0.25, -0.2) is 0 Å². The number of rotatable bonds is 4. The number of hydrogen-bond acceptors (Lipinski definition) is 3. The van der Waals surface area contributed by atoms with Crippen LogP contribution in [-0.4, -0.2) is 19.7 Å². The summed E-state index contributed by atoms with van der Waals surface area (Å²) in [5.41, 5.74) is 0.312. The van der Waals surface area contributed by atoms with E-state index in [0.29, 0.717) is 24.5 Å². The minimum absolute atomic E-state index is 0.0994. The first kappa shape index (κ1) is 14.9. The predicted molar refractivity (Wildman–Crippen MR) is 81.7 cm³/mol. The van der Waals surface area contributed by atoms with Gasteiger partial charge < -0.3 is 14.6 Å². The van der Waals surface area contributed by atoms with E-state index >= 15 is 0 Å². The van der Waals surface area contributed by atoms with Gasteiger partial charge in [0.25, 0.3) is 0 Å². The lowest BCUT2D eigenvalue weighted by Crippen LogP contribution is -2.19. The van der Waals surface area contributed by atoms with Crippen molar-refractivity contribution in [2.45, 2.75) is 0 Å². The lowest BCUT2D eigenvalue weighted by molar-refractivity contribution is -0.207. The van der Waals surface area contributed by atoms with Gasteiger partial charge in [0.05, 0.1) is 19.2 Å². The summed E-state index contributed by atoms with van der Waals surface area (Å²) in [5, 5.41) is 13.6. The molecule has 2 rings (SSSR count). The van der Waals surface area contributed by atoms with Crippen molar-refractivity contribution in [3.63, 3.8) is 0 Å². The Kier molecular flexibility index (Phi) is 5.02. The molecule has 0 radical (unpaired) electrons. The van der Waals surface area contributed by atoms with E-state index in [0.717, 1.165) is 11.1 Å². The maximum absolute atomic E-state index is 12.4. The molecule has 0 amide bonds. The summed E-state index contributed by atoms with van der Waals surface area (Å²) in [5.74, 6) is 1.25. The largest absolute Gasteiger partial charge is 0.823 e. The number of hydrogen-bond donors (Lipinski definition) is 0. The summed E-state index contributed by atoms with van der Waals surface area (Å²) in [6.45, 7) is 0. The predicted octanol–water partition coefficient (Wildman–Crippen LogP) is 2.47. The van der Waals surface area contributed by atoms with Crippen molar-refractivity contribution >= 4 is 30.6 Å². The molecule has 20 heavy (non-hydrogen) atoms. The highest BCUT2D eigenvalue weighted by molar-refractivity contribution is 7.49. The van der Waals surface area contributed by atoms with Gasteiger partial charge in [0.1, 0.15) is 11.5 Å². The number of halogens is 1. The van der Waals surface area contributed by atoms with Crippen LogP contribution in [0.25, 0.3) is 0 Å². The maximum Gasteiger partial charge on any atom is 0.126 e. The zero-order chi connectivity index (χ0) is 14.5. The molecule has 0 fully saturated rings. The quantitative estimate of drug-likeness (QED) is 0.815. The summed E-state index contributed by atoms with van der Waals surface area (Å²) < 4.78 is 10.3. The molecule has 0 bridgehead atoms. The van der Waals surface area contributed by atoms with Crippen LogP contribution in [0.5, 0.6) is 11.5 Å². The molecule has 0 unspecified atom stereocenters. The van der Waals surface area contributed by atoms with Crippen LogP contribution in [0.1, 0.15) is 5.56 Å². The first-order chi connectivity index (χ1) is 9.65. The van der Waals surface area contributed by atoms with Crippen LogP contribution >= 0.6 is 19.8 Å². The summed E-state index contributed by atoms with van der Waals surface area (Å²) in [6.07, 6.45) is 0. The van der Waals surface area contributed by atoms with E-state index in [9.17, 15) is 5.11 Å². The zero-order valence-corrected chi connectivity index (χ0v) is 12.7. The summed E-state index contributed by atoms with van der Waals surface area (Å²) in [6, 6.07) is 12.5. The van der Waals surface area contributed by atoms with E-state index in [1.807, 2.05) is 24.3 Å². The van der Waals surface area contributed by atoms with E-state index in [2.05, 4.69) is 0 Å². The minimum atomic E-state index is -0.0994. The van der Waals surface area contributed by atoms with E-state index in [4.69, 9.17) is 21.1 Å². The second-order valence-corrected chi connectivity index (χ2v) is 5.49. The van der Waals surface area contributed by atoms with Crippen LogP contribution < -0.4 is 19.9 Å². The van der Waals surface area contributed by atoms with E-state index in [-0.39, 0.29) is 5.48 Å². The van der Waals surface area contributed by atoms with Gasteiger partial charge in [-0.15, -0.1) is 0 Å². The molecule has 2 aromatic rings. The number of methoxy groups -OCH3 is 2. The molecule has 0 spiro atoms. The third kappa shape index (κ3) is 3.31. The lowest BCUT2D eigenvalue weighted by atomic mass is 10.2. The van der Waals surface area contributed by atoms with Crippen LogP contribution in [0.3, 0.4) is 0 Å². The van der Waals surface area contributed by atoms with Crippen LogP contribution in [-0.2, 0) is 0 Å². The van der Waals surface area contributed by atoms with E-state index in [1.165, 1.54) is 7.11 Å². The molecule has 0 saturated carbocycles. The minimum Gasteiger partial charge on any atom is -0.823 e. The summed E-state index contributed by atoms with van der Waals surface area (Å²) in [4.78, 5) is 0. The van der Waals surface area contributed by atoms with Crippen molar-refractivity contribution in [1.82, 2.24) is 0 Å². The molecule has 0 saturated heterocycles. The zero-order valence-electron chi connectivity index (χ0n) is 11.1. The fraction of sp³-hybridized carbons (Fsp3) is 0.133. The highest BCUT2D eigenvalue weighted by Crippen LogP contribution is 2.27. The Morgan fingerprint density at radius 3 is 2.35 bits per heavy atom. The van der Waals surface area contributed by atoms with E-state index in [1.54, 1.807) is 25.3 Å². The monoisotopic (exact) mass is 307 g/mol. The van der Waals surface area contributed by atoms with Crippen LogP contribution in [0, 0.1) is 0 Å². The Labute approximate surface area is 124 Å². The molecule has 3 nitrogen and oxygen atoms in total. The molecule has 0 aliphatic rings. The highest BCUT2D eigenvalue weighted by Gasteiger charge is 2.06.